The van der Waals surface area contributed by atoms with Gasteiger partial charge in [-0.15, -0.1) is 0 Å². The lowest BCUT2D eigenvalue weighted by Crippen LogP contribution is -2.30. The lowest BCUT2D eigenvalue weighted by Gasteiger charge is -2.30. The number of ether oxygens (including phenoxy) is 1. The number of benzene rings is 3. The van der Waals surface area contributed by atoms with Crippen molar-refractivity contribution in [3.8, 4) is 28.0 Å². The van der Waals surface area contributed by atoms with Gasteiger partial charge in [0.2, 0.25) is 0 Å². The van der Waals surface area contributed by atoms with Gasteiger partial charge in [-0.2, -0.15) is 0 Å². The molecule has 2 N–H and O–H groups in total. The molecular formula is C39H45FN2O4. The van der Waals surface area contributed by atoms with Gasteiger partial charge in [-0.3, -0.25) is 14.7 Å². The third-order valence-corrected chi connectivity index (χ3v) is 8.53. The summed E-state index contributed by atoms with van der Waals surface area (Å²) in [6.07, 6.45) is 2.68. The number of halogens is 1. The highest BCUT2D eigenvalue weighted by Crippen LogP contribution is 2.41. The first-order valence-corrected chi connectivity index (χ1v) is 16.1. The van der Waals surface area contributed by atoms with Gasteiger partial charge in [0.1, 0.15) is 11.6 Å². The smallest absolute Gasteiger partial charge is 0.307 e. The third-order valence-electron chi connectivity index (χ3n) is 8.53. The van der Waals surface area contributed by atoms with Crippen LogP contribution in [0.5, 0.6) is 5.75 Å². The number of fused-ring (bicyclic) bond motifs is 2. The van der Waals surface area contributed by atoms with Crippen LogP contribution in [0.15, 0.2) is 54.6 Å². The van der Waals surface area contributed by atoms with E-state index < -0.39 is 11.6 Å². The molecule has 46 heavy (non-hydrogen) atoms. The van der Waals surface area contributed by atoms with Crippen molar-refractivity contribution in [3.05, 3.63) is 105 Å². The van der Waals surface area contributed by atoms with E-state index in [1.54, 1.807) is 26.8 Å². The average Bonchev–Trinajstić information content (AvgIpc) is 2.99. The van der Waals surface area contributed by atoms with Crippen LogP contribution in [-0.2, 0) is 37.1 Å². The van der Waals surface area contributed by atoms with Crippen molar-refractivity contribution >= 4 is 5.97 Å². The molecule has 0 fully saturated rings. The summed E-state index contributed by atoms with van der Waals surface area (Å²) in [4.78, 5) is 19.1. The summed E-state index contributed by atoms with van der Waals surface area (Å²) in [6.45, 7) is 14.0. The zero-order valence-electron chi connectivity index (χ0n) is 27.8. The van der Waals surface area contributed by atoms with E-state index >= 15 is 0 Å². The van der Waals surface area contributed by atoms with E-state index in [2.05, 4.69) is 29.2 Å². The third kappa shape index (κ3) is 7.83. The van der Waals surface area contributed by atoms with Crippen molar-refractivity contribution in [2.24, 2.45) is 0 Å². The average molecular weight is 625 g/mol. The Morgan fingerprint density at radius 1 is 0.913 bits per heavy atom. The second-order valence-corrected chi connectivity index (χ2v) is 13.5. The number of aliphatic hydroxyl groups is 1. The van der Waals surface area contributed by atoms with Gasteiger partial charge in [-0.25, -0.2) is 4.39 Å². The molecule has 0 saturated carbocycles. The monoisotopic (exact) mass is 624 g/mol. The predicted molar refractivity (Wildman–Crippen MR) is 181 cm³/mol. The molecule has 1 aromatic heterocycles. The maximum atomic E-state index is 14.5. The molecule has 3 aromatic carbocycles. The summed E-state index contributed by atoms with van der Waals surface area (Å²) >= 11 is 0. The molecule has 0 atom stereocenters. The molecule has 2 aliphatic rings. The molecule has 2 aliphatic heterocycles. The number of aromatic nitrogens is 1. The molecule has 0 spiro atoms. The minimum absolute atomic E-state index is 0.0929. The van der Waals surface area contributed by atoms with E-state index in [9.17, 15) is 14.3 Å². The molecule has 0 amide bonds. The lowest BCUT2D eigenvalue weighted by molar-refractivity contribution is -0.136. The minimum atomic E-state index is -0.872. The Bertz CT molecular complexity index is 1730. The zero-order chi connectivity index (χ0) is 33.2. The van der Waals surface area contributed by atoms with Crippen molar-refractivity contribution in [1.29, 1.82) is 0 Å². The number of carboxylic acid groups (broad SMARTS) is 1. The van der Waals surface area contributed by atoms with Gasteiger partial charge in [-0.05, 0) is 124 Å². The number of aryl methyl sites for hydroxylation is 4. The van der Waals surface area contributed by atoms with Gasteiger partial charge in [0, 0.05) is 42.1 Å². The van der Waals surface area contributed by atoms with Crippen molar-refractivity contribution in [1.82, 2.24) is 9.88 Å². The molecule has 0 saturated heterocycles. The number of rotatable bonds is 6. The molecule has 0 aliphatic carbocycles. The minimum Gasteiger partial charge on any atom is -0.493 e. The summed E-state index contributed by atoms with van der Waals surface area (Å²) in [6, 6.07) is 18.0. The topological polar surface area (TPSA) is 82.9 Å². The summed E-state index contributed by atoms with van der Waals surface area (Å²) in [7, 11) is 0. The second kappa shape index (κ2) is 13.7. The summed E-state index contributed by atoms with van der Waals surface area (Å²) in [5, 5.41) is 18.4. The van der Waals surface area contributed by atoms with E-state index in [0.717, 1.165) is 101 Å². The molecule has 0 radical (unpaired) electrons. The number of nitrogens with zero attached hydrogens (tertiary/aromatic N) is 2. The summed E-state index contributed by atoms with van der Waals surface area (Å²) < 4.78 is 20.4. The molecule has 0 unspecified atom stereocenters. The first-order valence-electron chi connectivity index (χ1n) is 16.1. The van der Waals surface area contributed by atoms with Crippen LogP contribution in [0, 0.1) is 26.6 Å². The van der Waals surface area contributed by atoms with Crippen LogP contribution in [-0.4, -0.2) is 44.8 Å². The largest absolute Gasteiger partial charge is 0.493 e. The Labute approximate surface area is 271 Å². The quantitative estimate of drug-likeness (QED) is 0.228. The van der Waals surface area contributed by atoms with Gasteiger partial charge in [0.15, 0.2) is 0 Å². The van der Waals surface area contributed by atoms with Crippen LogP contribution in [0.3, 0.4) is 0 Å². The molecular weight excluding hydrogens is 579 g/mol. The Hall–Kier alpha value is -4.07. The normalized spacial score (nSPS) is 14.4. The standard InChI is InChI=1S/C35H35FN2O3.C4H10O/c1-21-6-4-8-31(36)30(21)20-38-14-13-24-16-26(9-10-28(24)19-38)34-23(3)37-22(2)29(18-33(39)40)35(34)27-11-12-32-25(17-27)7-5-15-41-32;1-4(2,3)5/h4,6,8-12,16-17H,5,7,13-15,18-20H2,1-3H3,(H,39,40);5H,1-3H3. The molecule has 0 bridgehead atoms. The highest BCUT2D eigenvalue weighted by atomic mass is 19.1. The van der Waals surface area contributed by atoms with E-state index in [0.29, 0.717) is 6.54 Å². The van der Waals surface area contributed by atoms with Crippen molar-refractivity contribution in [2.45, 2.75) is 85.9 Å². The number of hydrogen-bond acceptors (Lipinski definition) is 5. The van der Waals surface area contributed by atoms with Crippen LogP contribution in [0.25, 0.3) is 22.3 Å². The Kier molecular flexibility index (Phi) is 9.94. The number of hydrogen-bond donors (Lipinski definition) is 2. The SMILES string of the molecule is CC(C)(C)O.Cc1cccc(F)c1CN1CCc2cc(-c3c(C)nc(C)c(CC(=O)O)c3-c3ccc4c(c3)CCCO4)ccc2C1. The summed E-state index contributed by atoms with van der Waals surface area (Å²) in [5.41, 5.74) is 11.3. The van der Waals surface area contributed by atoms with Crippen LogP contribution >= 0.6 is 0 Å². The fraction of sp³-hybridized carbons (Fsp3) is 0.385. The molecule has 6 nitrogen and oxygen atoms in total. The second-order valence-electron chi connectivity index (χ2n) is 13.5. The lowest BCUT2D eigenvalue weighted by atomic mass is 9.85. The number of aliphatic carboxylic acids is 1. The molecule has 242 valence electrons. The first-order chi connectivity index (χ1) is 21.8. The predicted octanol–water partition coefficient (Wildman–Crippen LogP) is 7.77. The van der Waals surface area contributed by atoms with Crippen molar-refractivity contribution in [3.63, 3.8) is 0 Å². The van der Waals surface area contributed by atoms with E-state index in [-0.39, 0.29) is 12.2 Å². The molecule has 7 heteroatoms. The molecule has 4 aromatic rings. The van der Waals surface area contributed by atoms with Crippen LogP contribution in [0.1, 0.15) is 72.0 Å². The van der Waals surface area contributed by atoms with E-state index in [1.165, 1.54) is 17.2 Å². The van der Waals surface area contributed by atoms with Crippen LogP contribution in [0.4, 0.5) is 4.39 Å². The van der Waals surface area contributed by atoms with Gasteiger partial charge < -0.3 is 14.9 Å². The van der Waals surface area contributed by atoms with Crippen LogP contribution < -0.4 is 4.74 Å². The Balaban J connectivity index is 0.000000775. The number of pyridine rings is 1. The number of carboxylic acids is 1. The zero-order valence-corrected chi connectivity index (χ0v) is 27.8. The Morgan fingerprint density at radius 3 is 2.33 bits per heavy atom. The first kappa shape index (κ1) is 33.3. The highest BCUT2D eigenvalue weighted by Gasteiger charge is 2.24. The Morgan fingerprint density at radius 2 is 1.61 bits per heavy atom. The van der Waals surface area contributed by atoms with E-state index in [4.69, 9.17) is 14.8 Å². The highest BCUT2D eigenvalue weighted by molar-refractivity contribution is 5.90. The van der Waals surface area contributed by atoms with E-state index in [1.807, 2.05) is 39.0 Å². The maximum Gasteiger partial charge on any atom is 0.307 e. The molecule has 6 rings (SSSR count). The van der Waals surface area contributed by atoms with Gasteiger partial charge >= 0.3 is 5.97 Å². The fourth-order valence-electron chi connectivity index (χ4n) is 6.44. The fourth-order valence-corrected chi connectivity index (χ4v) is 6.44. The van der Waals surface area contributed by atoms with Crippen LogP contribution in [0.2, 0.25) is 0 Å². The van der Waals surface area contributed by atoms with Gasteiger partial charge in [0.05, 0.1) is 18.6 Å². The summed E-state index contributed by atoms with van der Waals surface area (Å²) in [5.74, 6) is -0.109. The van der Waals surface area contributed by atoms with Crippen molar-refractivity contribution < 1.29 is 24.1 Å². The van der Waals surface area contributed by atoms with Gasteiger partial charge in [-0.1, -0.05) is 36.4 Å². The van der Waals surface area contributed by atoms with Crippen molar-refractivity contribution in [2.75, 3.05) is 13.2 Å². The molecule has 3 heterocycles. The number of carbonyl (C=O) groups is 1. The van der Waals surface area contributed by atoms with Gasteiger partial charge in [0.25, 0.3) is 0 Å². The maximum absolute atomic E-state index is 14.5.